The van der Waals surface area contributed by atoms with Crippen molar-refractivity contribution in [2.45, 2.75) is 18.1 Å². The van der Waals surface area contributed by atoms with Crippen molar-refractivity contribution in [3.05, 3.63) is 11.4 Å². The van der Waals surface area contributed by atoms with Crippen LogP contribution >= 0.6 is 0 Å². The van der Waals surface area contributed by atoms with Crippen LogP contribution in [0.2, 0.25) is 0 Å². The highest BCUT2D eigenvalue weighted by molar-refractivity contribution is 7.91. The summed E-state index contributed by atoms with van der Waals surface area (Å²) >= 11 is 0. The van der Waals surface area contributed by atoms with Gasteiger partial charge >= 0.3 is 5.97 Å². The predicted octanol–water partition coefficient (Wildman–Crippen LogP) is -0.247. The van der Waals surface area contributed by atoms with Crippen LogP contribution in [-0.2, 0) is 9.84 Å². The van der Waals surface area contributed by atoms with Crippen molar-refractivity contribution in [2.75, 3.05) is 5.75 Å². The Morgan fingerprint density at radius 2 is 2.20 bits per heavy atom. The third-order valence-electron chi connectivity index (χ3n) is 2.41. The molecule has 1 atom stereocenters. The summed E-state index contributed by atoms with van der Waals surface area (Å²) < 4.78 is 23.1. The summed E-state index contributed by atoms with van der Waals surface area (Å²) in [5.74, 6) is -1.18. The standard InChI is InChI=1S/C7H9N3O4S/c11-7(12)6-5(8-10-9-6)4-2-1-3-15(4,13)14/h4H,1-3H2,(H,11,12)(H,8,9,10). The molecule has 1 saturated heterocycles. The molecule has 0 saturated carbocycles. The van der Waals surface area contributed by atoms with E-state index in [0.717, 1.165) is 0 Å². The van der Waals surface area contributed by atoms with Gasteiger partial charge in [-0.05, 0) is 12.8 Å². The number of aromatic carboxylic acids is 1. The number of aromatic nitrogens is 3. The fourth-order valence-corrected chi connectivity index (χ4v) is 3.60. The van der Waals surface area contributed by atoms with E-state index in [4.69, 9.17) is 5.11 Å². The number of nitrogens with zero attached hydrogens (tertiary/aromatic N) is 2. The minimum atomic E-state index is -3.25. The lowest BCUT2D eigenvalue weighted by Crippen LogP contribution is -2.12. The zero-order valence-corrected chi connectivity index (χ0v) is 8.49. The van der Waals surface area contributed by atoms with Crippen LogP contribution in [0.4, 0.5) is 0 Å². The fraction of sp³-hybridized carbons (Fsp3) is 0.571. The van der Waals surface area contributed by atoms with Gasteiger partial charge < -0.3 is 5.11 Å². The van der Waals surface area contributed by atoms with Crippen molar-refractivity contribution in [1.82, 2.24) is 15.4 Å². The molecule has 2 heterocycles. The minimum absolute atomic E-state index is 0.0278. The van der Waals surface area contributed by atoms with Gasteiger partial charge in [0.2, 0.25) is 0 Å². The average Bonchev–Trinajstić information content (AvgIpc) is 2.69. The summed E-state index contributed by atoms with van der Waals surface area (Å²) in [6, 6.07) is 0. The summed E-state index contributed by atoms with van der Waals surface area (Å²) in [6.45, 7) is 0. The maximum absolute atomic E-state index is 11.6. The maximum Gasteiger partial charge on any atom is 0.358 e. The van der Waals surface area contributed by atoms with Gasteiger partial charge in [-0.25, -0.2) is 13.2 Å². The molecule has 2 N–H and O–H groups in total. The van der Waals surface area contributed by atoms with Gasteiger partial charge in [0.15, 0.2) is 15.5 Å². The van der Waals surface area contributed by atoms with Crippen LogP contribution in [-0.4, -0.2) is 40.7 Å². The number of nitrogens with one attached hydrogen (secondary N) is 1. The van der Waals surface area contributed by atoms with Crippen LogP contribution < -0.4 is 0 Å². The number of H-pyrrole nitrogens is 1. The molecule has 1 unspecified atom stereocenters. The molecule has 1 aliphatic heterocycles. The maximum atomic E-state index is 11.6. The zero-order valence-electron chi connectivity index (χ0n) is 7.67. The minimum Gasteiger partial charge on any atom is -0.476 e. The van der Waals surface area contributed by atoms with E-state index in [0.29, 0.717) is 12.8 Å². The Morgan fingerprint density at radius 3 is 2.73 bits per heavy atom. The van der Waals surface area contributed by atoms with E-state index >= 15 is 0 Å². The van der Waals surface area contributed by atoms with Crippen LogP contribution in [0.15, 0.2) is 0 Å². The first-order valence-electron chi connectivity index (χ1n) is 4.38. The zero-order chi connectivity index (χ0) is 11.1. The Kier molecular flexibility index (Phi) is 2.22. The first kappa shape index (κ1) is 10.1. The number of hydrogen-bond acceptors (Lipinski definition) is 5. The lowest BCUT2D eigenvalue weighted by molar-refractivity contribution is 0.0689. The number of sulfone groups is 1. The second-order valence-electron chi connectivity index (χ2n) is 3.36. The lowest BCUT2D eigenvalue weighted by Gasteiger charge is -2.05. The average molecular weight is 231 g/mol. The van der Waals surface area contributed by atoms with Crippen LogP contribution in [0.5, 0.6) is 0 Å². The van der Waals surface area contributed by atoms with E-state index in [1.54, 1.807) is 0 Å². The number of carboxylic acids is 1. The molecule has 7 nitrogen and oxygen atoms in total. The van der Waals surface area contributed by atoms with Crippen molar-refractivity contribution >= 4 is 15.8 Å². The van der Waals surface area contributed by atoms with Crippen molar-refractivity contribution in [1.29, 1.82) is 0 Å². The molecule has 0 aromatic carbocycles. The summed E-state index contributed by atoms with van der Waals surface area (Å²) in [5, 5.41) is 17.1. The van der Waals surface area contributed by atoms with Crippen molar-refractivity contribution in [3.63, 3.8) is 0 Å². The molecule has 8 heteroatoms. The van der Waals surface area contributed by atoms with E-state index in [1.165, 1.54) is 0 Å². The summed E-state index contributed by atoms with van der Waals surface area (Å²) in [5.41, 5.74) is -0.273. The first-order chi connectivity index (χ1) is 7.02. The molecular formula is C7H9N3O4S. The van der Waals surface area contributed by atoms with Crippen molar-refractivity contribution in [2.24, 2.45) is 0 Å². The number of hydrogen-bond donors (Lipinski definition) is 2. The lowest BCUT2D eigenvalue weighted by atomic mass is 10.1. The Morgan fingerprint density at radius 1 is 1.47 bits per heavy atom. The van der Waals surface area contributed by atoms with Gasteiger partial charge in [-0.15, -0.1) is 5.10 Å². The highest BCUT2D eigenvalue weighted by Crippen LogP contribution is 2.34. The number of carboxylic acid groups (broad SMARTS) is 1. The summed E-state index contributed by atoms with van der Waals surface area (Å²) in [4.78, 5) is 10.7. The Hall–Kier alpha value is -1.44. The quantitative estimate of drug-likeness (QED) is 0.725. The van der Waals surface area contributed by atoms with Crippen molar-refractivity contribution < 1.29 is 18.3 Å². The molecule has 1 fully saturated rings. The van der Waals surface area contributed by atoms with Gasteiger partial charge in [0.1, 0.15) is 10.9 Å². The molecule has 0 aliphatic carbocycles. The molecule has 82 valence electrons. The molecule has 1 aromatic rings. The highest BCUT2D eigenvalue weighted by Gasteiger charge is 2.37. The molecule has 1 aromatic heterocycles. The molecule has 2 rings (SSSR count). The van der Waals surface area contributed by atoms with Crippen LogP contribution in [0.1, 0.15) is 34.3 Å². The molecule has 0 amide bonds. The highest BCUT2D eigenvalue weighted by atomic mass is 32.2. The van der Waals surface area contributed by atoms with Crippen molar-refractivity contribution in [3.8, 4) is 0 Å². The number of aromatic amines is 1. The smallest absolute Gasteiger partial charge is 0.358 e. The van der Waals surface area contributed by atoms with Gasteiger partial charge in [-0.2, -0.15) is 10.3 Å². The van der Waals surface area contributed by atoms with Gasteiger partial charge in [-0.1, -0.05) is 0 Å². The molecule has 0 bridgehead atoms. The number of carbonyl (C=O) groups is 1. The monoisotopic (exact) mass is 231 g/mol. The molecule has 1 aliphatic rings. The predicted molar refractivity (Wildman–Crippen MR) is 49.1 cm³/mol. The van der Waals surface area contributed by atoms with Crippen LogP contribution in [0.25, 0.3) is 0 Å². The van der Waals surface area contributed by atoms with Crippen LogP contribution in [0, 0.1) is 0 Å². The van der Waals surface area contributed by atoms with Gasteiger partial charge in [0, 0.05) is 0 Å². The molecule has 0 radical (unpaired) electrons. The third-order valence-corrected chi connectivity index (χ3v) is 4.59. The first-order valence-corrected chi connectivity index (χ1v) is 6.09. The van der Waals surface area contributed by atoms with Crippen LogP contribution in [0.3, 0.4) is 0 Å². The molecule has 15 heavy (non-hydrogen) atoms. The largest absolute Gasteiger partial charge is 0.476 e. The van der Waals surface area contributed by atoms with E-state index in [9.17, 15) is 13.2 Å². The van der Waals surface area contributed by atoms with E-state index in [2.05, 4.69) is 15.4 Å². The van der Waals surface area contributed by atoms with Gasteiger partial charge in [0.05, 0.1) is 5.75 Å². The summed E-state index contributed by atoms with van der Waals surface area (Å²) in [7, 11) is -3.25. The Balaban J connectivity index is 2.46. The van der Waals surface area contributed by atoms with E-state index in [1.807, 2.05) is 0 Å². The normalized spacial score (nSPS) is 24.1. The topological polar surface area (TPSA) is 113 Å². The van der Waals surface area contributed by atoms with Gasteiger partial charge in [-0.3, -0.25) is 0 Å². The number of rotatable bonds is 2. The SMILES string of the molecule is O=C(O)c1n[nH]nc1C1CCCS1(=O)=O. The Labute approximate surface area is 85.4 Å². The second kappa shape index (κ2) is 3.30. The van der Waals surface area contributed by atoms with Gasteiger partial charge in [0.25, 0.3) is 0 Å². The van der Waals surface area contributed by atoms with E-state index < -0.39 is 21.1 Å². The fourth-order valence-electron chi connectivity index (χ4n) is 1.72. The summed E-state index contributed by atoms with van der Waals surface area (Å²) in [6.07, 6.45) is 0.952. The molecular weight excluding hydrogens is 222 g/mol. The second-order valence-corrected chi connectivity index (χ2v) is 5.66. The van der Waals surface area contributed by atoms with E-state index in [-0.39, 0.29) is 17.1 Å². The third kappa shape index (κ3) is 1.60. The molecule has 0 spiro atoms. The Bertz CT molecular complexity index is 492.